The predicted molar refractivity (Wildman–Crippen MR) is 74.2 cm³/mol. The third-order valence-electron chi connectivity index (χ3n) is 2.93. The van der Waals surface area contributed by atoms with Crippen molar-refractivity contribution in [1.29, 1.82) is 0 Å². The molecule has 0 saturated carbocycles. The van der Waals surface area contributed by atoms with Gasteiger partial charge in [0.05, 0.1) is 11.3 Å². The molecule has 1 amide bonds. The first-order chi connectivity index (χ1) is 9.49. The topological polar surface area (TPSA) is 92.4 Å². The zero-order valence-corrected chi connectivity index (χ0v) is 11.9. The van der Waals surface area contributed by atoms with E-state index in [9.17, 15) is 9.59 Å². The number of hydrogen-bond donors (Lipinski definition) is 2. The minimum absolute atomic E-state index is 0.112. The van der Waals surface area contributed by atoms with Gasteiger partial charge in [-0.05, 0) is 31.7 Å². The summed E-state index contributed by atoms with van der Waals surface area (Å²) in [6.45, 7) is 3.63. The van der Waals surface area contributed by atoms with Gasteiger partial charge >= 0.3 is 5.97 Å². The van der Waals surface area contributed by atoms with Gasteiger partial charge in [0.1, 0.15) is 10.8 Å². The summed E-state index contributed by atoms with van der Waals surface area (Å²) in [4.78, 5) is 22.8. The Balaban J connectivity index is 1.96. The van der Waals surface area contributed by atoms with Gasteiger partial charge in [-0.3, -0.25) is 4.79 Å². The van der Waals surface area contributed by atoms with E-state index in [1.807, 2.05) is 6.92 Å². The molecule has 7 heteroatoms. The molecule has 0 aliphatic carbocycles. The molecule has 2 heterocycles. The van der Waals surface area contributed by atoms with Crippen LogP contribution in [-0.4, -0.2) is 22.1 Å². The number of carboxylic acid groups (broad SMARTS) is 1. The second-order valence-corrected chi connectivity index (χ2v) is 5.24. The summed E-state index contributed by atoms with van der Waals surface area (Å²) in [5.74, 6) is -0.570. The molecular weight excluding hydrogens is 280 g/mol. The number of anilines is 1. The first-order valence-corrected chi connectivity index (χ1v) is 6.89. The Morgan fingerprint density at radius 1 is 1.45 bits per heavy atom. The van der Waals surface area contributed by atoms with Crippen LogP contribution in [0.4, 0.5) is 5.00 Å². The summed E-state index contributed by atoms with van der Waals surface area (Å²) < 4.78 is 5.03. The number of rotatable bonds is 5. The van der Waals surface area contributed by atoms with Gasteiger partial charge < -0.3 is 14.9 Å². The maximum absolute atomic E-state index is 11.9. The number of carbonyl (C=O) groups is 2. The molecule has 106 valence electrons. The van der Waals surface area contributed by atoms with Crippen LogP contribution in [0.1, 0.15) is 33.8 Å². The molecule has 2 aromatic rings. The monoisotopic (exact) mass is 294 g/mol. The highest BCUT2D eigenvalue weighted by Gasteiger charge is 2.15. The van der Waals surface area contributed by atoms with Gasteiger partial charge in [-0.15, -0.1) is 11.3 Å². The van der Waals surface area contributed by atoms with Crippen LogP contribution in [0.25, 0.3) is 0 Å². The number of carbonyl (C=O) groups excluding carboxylic acids is 1. The van der Waals surface area contributed by atoms with E-state index in [2.05, 4.69) is 10.5 Å². The molecule has 0 radical (unpaired) electrons. The minimum Gasteiger partial charge on any atom is -0.478 e. The van der Waals surface area contributed by atoms with Crippen LogP contribution in [-0.2, 0) is 11.2 Å². The Morgan fingerprint density at radius 2 is 2.20 bits per heavy atom. The number of aromatic carboxylic acids is 1. The second-order valence-electron chi connectivity index (χ2n) is 4.32. The molecule has 0 fully saturated rings. The van der Waals surface area contributed by atoms with Crippen molar-refractivity contribution in [2.45, 2.75) is 26.7 Å². The Morgan fingerprint density at radius 3 is 2.80 bits per heavy atom. The molecule has 2 N–H and O–H groups in total. The number of aryl methyl sites for hydroxylation is 2. The zero-order chi connectivity index (χ0) is 14.7. The molecule has 6 nitrogen and oxygen atoms in total. The third kappa shape index (κ3) is 3.05. The van der Waals surface area contributed by atoms with Crippen LogP contribution in [0.3, 0.4) is 0 Å². The van der Waals surface area contributed by atoms with Gasteiger partial charge in [0.15, 0.2) is 0 Å². The Bertz CT molecular complexity index is 625. The lowest BCUT2D eigenvalue weighted by molar-refractivity contribution is -0.116. The molecular formula is C13H14N2O4S. The number of nitrogens with zero attached hydrogens (tertiary/aromatic N) is 1. The highest BCUT2D eigenvalue weighted by atomic mass is 32.1. The standard InChI is InChI=1S/C13H14N2O4S/c1-7-9(8(2)19-15-7)3-4-11(16)14-12-10(13(17)18)5-6-20-12/h5-6H,3-4H2,1-2H3,(H,14,16)(H,17,18). The molecule has 0 aliphatic rings. The van der Waals surface area contributed by atoms with Crippen molar-refractivity contribution >= 4 is 28.2 Å². The van der Waals surface area contributed by atoms with Crippen molar-refractivity contribution < 1.29 is 19.2 Å². The molecule has 20 heavy (non-hydrogen) atoms. The number of thiophene rings is 1. The number of carboxylic acids is 1. The van der Waals surface area contributed by atoms with E-state index < -0.39 is 5.97 Å². The highest BCUT2D eigenvalue weighted by Crippen LogP contribution is 2.23. The Kier molecular flexibility index (Phi) is 4.19. The lowest BCUT2D eigenvalue weighted by Gasteiger charge is -2.04. The number of hydrogen-bond acceptors (Lipinski definition) is 5. The van der Waals surface area contributed by atoms with Crippen molar-refractivity contribution in [3.63, 3.8) is 0 Å². The molecule has 0 bridgehead atoms. The normalized spacial score (nSPS) is 10.5. The largest absolute Gasteiger partial charge is 0.478 e. The van der Waals surface area contributed by atoms with Gasteiger partial charge in [-0.2, -0.15) is 0 Å². The van der Waals surface area contributed by atoms with Crippen molar-refractivity contribution in [2.75, 3.05) is 5.32 Å². The van der Waals surface area contributed by atoms with Crippen LogP contribution in [0, 0.1) is 13.8 Å². The quantitative estimate of drug-likeness (QED) is 0.884. The molecule has 2 rings (SSSR count). The lowest BCUT2D eigenvalue weighted by Crippen LogP contribution is -2.13. The summed E-state index contributed by atoms with van der Waals surface area (Å²) in [6.07, 6.45) is 0.765. The second kappa shape index (κ2) is 5.87. The number of nitrogens with one attached hydrogen (secondary N) is 1. The highest BCUT2D eigenvalue weighted by molar-refractivity contribution is 7.14. The van der Waals surface area contributed by atoms with Gasteiger partial charge in [0, 0.05) is 12.0 Å². The Hall–Kier alpha value is -2.15. The average molecular weight is 294 g/mol. The fourth-order valence-electron chi connectivity index (χ4n) is 1.86. The summed E-state index contributed by atoms with van der Waals surface area (Å²) in [5, 5.41) is 17.4. The van der Waals surface area contributed by atoms with Gasteiger partial charge in [-0.25, -0.2) is 4.79 Å². The Labute approximate surface area is 119 Å². The van der Waals surface area contributed by atoms with E-state index >= 15 is 0 Å². The number of aromatic nitrogens is 1. The molecule has 0 spiro atoms. The molecule has 0 saturated heterocycles. The molecule has 0 aliphatic heterocycles. The van der Waals surface area contributed by atoms with Crippen LogP contribution in [0.2, 0.25) is 0 Å². The fourth-order valence-corrected chi connectivity index (χ4v) is 2.66. The summed E-state index contributed by atoms with van der Waals surface area (Å²) in [6, 6.07) is 1.47. The van der Waals surface area contributed by atoms with Gasteiger partial charge in [0.25, 0.3) is 0 Å². The van der Waals surface area contributed by atoms with E-state index in [1.54, 1.807) is 12.3 Å². The van der Waals surface area contributed by atoms with Gasteiger partial charge in [-0.1, -0.05) is 5.16 Å². The minimum atomic E-state index is -1.05. The van der Waals surface area contributed by atoms with Gasteiger partial charge in [0.2, 0.25) is 5.91 Å². The van der Waals surface area contributed by atoms with E-state index in [0.29, 0.717) is 17.2 Å². The predicted octanol–water partition coefficient (Wildman–Crippen LogP) is 2.62. The van der Waals surface area contributed by atoms with Crippen LogP contribution < -0.4 is 5.32 Å². The molecule has 2 aromatic heterocycles. The zero-order valence-electron chi connectivity index (χ0n) is 11.1. The fraction of sp³-hybridized carbons (Fsp3) is 0.308. The maximum atomic E-state index is 11.9. The average Bonchev–Trinajstić information content (AvgIpc) is 2.95. The van der Waals surface area contributed by atoms with E-state index in [4.69, 9.17) is 9.63 Å². The van der Waals surface area contributed by atoms with E-state index in [0.717, 1.165) is 11.3 Å². The number of amides is 1. The van der Waals surface area contributed by atoms with Crippen LogP contribution in [0.15, 0.2) is 16.0 Å². The van der Waals surface area contributed by atoms with E-state index in [-0.39, 0.29) is 17.9 Å². The van der Waals surface area contributed by atoms with Crippen LogP contribution in [0.5, 0.6) is 0 Å². The SMILES string of the molecule is Cc1noc(C)c1CCC(=O)Nc1sccc1C(=O)O. The first-order valence-electron chi connectivity index (χ1n) is 6.01. The summed E-state index contributed by atoms with van der Waals surface area (Å²) >= 11 is 1.19. The summed E-state index contributed by atoms with van der Waals surface area (Å²) in [5.41, 5.74) is 1.81. The first kappa shape index (κ1) is 14.3. The van der Waals surface area contributed by atoms with Crippen molar-refractivity contribution in [3.05, 3.63) is 34.0 Å². The molecule has 0 atom stereocenters. The lowest BCUT2D eigenvalue weighted by atomic mass is 10.1. The van der Waals surface area contributed by atoms with Crippen molar-refractivity contribution in [2.24, 2.45) is 0 Å². The van der Waals surface area contributed by atoms with Crippen molar-refractivity contribution in [3.8, 4) is 0 Å². The van der Waals surface area contributed by atoms with Crippen molar-refractivity contribution in [1.82, 2.24) is 5.16 Å². The third-order valence-corrected chi connectivity index (χ3v) is 3.76. The maximum Gasteiger partial charge on any atom is 0.338 e. The van der Waals surface area contributed by atoms with Crippen LogP contribution >= 0.6 is 11.3 Å². The smallest absolute Gasteiger partial charge is 0.338 e. The van der Waals surface area contributed by atoms with E-state index in [1.165, 1.54) is 17.4 Å². The molecule has 0 unspecified atom stereocenters. The summed E-state index contributed by atoms with van der Waals surface area (Å²) in [7, 11) is 0. The molecule has 0 aromatic carbocycles.